The Balaban J connectivity index is 2.02. The Morgan fingerprint density at radius 3 is 2.86 bits per heavy atom. The molecule has 2 aromatic carbocycles. The number of fused-ring (bicyclic) bond motifs is 1. The minimum Gasteiger partial charge on any atom is -0.360 e. The second-order valence-corrected chi connectivity index (χ2v) is 6.56. The van der Waals surface area contributed by atoms with Crippen molar-refractivity contribution in [3.05, 3.63) is 58.7 Å². The van der Waals surface area contributed by atoms with E-state index in [-0.39, 0.29) is 0 Å². The predicted octanol–water partition coefficient (Wildman–Crippen LogP) is 4.78. The van der Waals surface area contributed by atoms with Crippen LogP contribution in [0.1, 0.15) is 11.1 Å². The molecular weight excluding hydrogens is 300 g/mol. The van der Waals surface area contributed by atoms with E-state index >= 15 is 0 Å². The SMILES string of the molecule is Cc1cccc2c(Sc3cc(Cl)ccc3CCN)c[nH]c12. The van der Waals surface area contributed by atoms with E-state index in [4.69, 9.17) is 17.3 Å². The first-order valence-electron chi connectivity index (χ1n) is 6.92. The number of aryl methyl sites for hydroxylation is 1. The molecular formula is C17H17ClN2S. The molecule has 0 saturated carbocycles. The van der Waals surface area contributed by atoms with Crippen LogP contribution in [0.2, 0.25) is 5.02 Å². The summed E-state index contributed by atoms with van der Waals surface area (Å²) < 4.78 is 0. The molecule has 108 valence electrons. The van der Waals surface area contributed by atoms with E-state index in [1.165, 1.54) is 31.8 Å². The van der Waals surface area contributed by atoms with Gasteiger partial charge in [0.05, 0.1) is 0 Å². The Bertz CT molecular complexity index is 780. The zero-order chi connectivity index (χ0) is 14.8. The highest BCUT2D eigenvalue weighted by atomic mass is 35.5. The van der Waals surface area contributed by atoms with E-state index in [9.17, 15) is 0 Å². The maximum atomic E-state index is 6.15. The maximum Gasteiger partial charge on any atom is 0.0495 e. The Morgan fingerprint density at radius 1 is 1.19 bits per heavy atom. The molecule has 0 aliphatic carbocycles. The Labute approximate surface area is 133 Å². The largest absolute Gasteiger partial charge is 0.360 e. The van der Waals surface area contributed by atoms with Crippen LogP contribution >= 0.6 is 23.4 Å². The molecule has 1 aromatic heterocycles. The molecule has 3 aromatic rings. The molecule has 0 amide bonds. The summed E-state index contributed by atoms with van der Waals surface area (Å²) in [5.41, 5.74) is 9.40. The molecule has 1 heterocycles. The average molecular weight is 317 g/mol. The number of aromatic nitrogens is 1. The number of hydrogen-bond acceptors (Lipinski definition) is 2. The monoisotopic (exact) mass is 316 g/mol. The predicted molar refractivity (Wildman–Crippen MR) is 91.4 cm³/mol. The molecule has 0 saturated heterocycles. The molecule has 3 rings (SSSR count). The standard InChI is InChI=1S/C17H17ClN2S/c1-11-3-2-4-14-16(10-20-17(11)14)21-15-9-13(18)6-5-12(15)7-8-19/h2-6,9-10,20H,7-8,19H2,1H3. The van der Waals surface area contributed by atoms with E-state index in [2.05, 4.69) is 42.4 Å². The Hall–Kier alpha value is -1.42. The van der Waals surface area contributed by atoms with E-state index in [0.717, 1.165) is 11.4 Å². The summed E-state index contributed by atoms with van der Waals surface area (Å²) in [7, 11) is 0. The van der Waals surface area contributed by atoms with Crippen LogP contribution in [0.3, 0.4) is 0 Å². The van der Waals surface area contributed by atoms with Crippen molar-refractivity contribution in [3.63, 3.8) is 0 Å². The average Bonchev–Trinajstić information content (AvgIpc) is 2.87. The van der Waals surface area contributed by atoms with Gasteiger partial charge in [-0.05, 0) is 43.1 Å². The molecule has 2 nitrogen and oxygen atoms in total. The van der Waals surface area contributed by atoms with Crippen LogP contribution < -0.4 is 5.73 Å². The van der Waals surface area contributed by atoms with E-state index in [0.29, 0.717) is 6.54 Å². The van der Waals surface area contributed by atoms with Gasteiger partial charge in [-0.2, -0.15) is 0 Å². The minimum atomic E-state index is 0.641. The number of nitrogens with two attached hydrogens (primary N) is 1. The smallest absolute Gasteiger partial charge is 0.0495 e. The van der Waals surface area contributed by atoms with Gasteiger partial charge in [0.2, 0.25) is 0 Å². The number of hydrogen-bond donors (Lipinski definition) is 2. The summed E-state index contributed by atoms with van der Waals surface area (Å²) in [5, 5.41) is 2.01. The highest BCUT2D eigenvalue weighted by molar-refractivity contribution is 7.99. The summed E-state index contributed by atoms with van der Waals surface area (Å²) in [6.07, 6.45) is 2.93. The summed E-state index contributed by atoms with van der Waals surface area (Å²) in [6.45, 7) is 2.76. The molecule has 0 aliphatic heterocycles. The first kappa shape index (κ1) is 14.5. The third-order valence-electron chi connectivity index (χ3n) is 3.55. The fraction of sp³-hybridized carbons (Fsp3) is 0.176. The molecule has 0 bridgehead atoms. The number of aromatic amines is 1. The molecule has 0 spiro atoms. The summed E-state index contributed by atoms with van der Waals surface area (Å²) >= 11 is 7.89. The van der Waals surface area contributed by atoms with Gasteiger partial charge in [0.15, 0.2) is 0 Å². The van der Waals surface area contributed by atoms with Crippen LogP contribution in [0.15, 0.2) is 52.4 Å². The number of rotatable bonds is 4. The Kier molecular flexibility index (Phi) is 4.24. The molecule has 0 fully saturated rings. The van der Waals surface area contributed by atoms with Gasteiger partial charge in [-0.25, -0.2) is 0 Å². The van der Waals surface area contributed by atoms with Gasteiger partial charge in [0.25, 0.3) is 0 Å². The van der Waals surface area contributed by atoms with Gasteiger partial charge < -0.3 is 10.7 Å². The second kappa shape index (κ2) is 6.14. The maximum absolute atomic E-state index is 6.15. The first-order valence-corrected chi connectivity index (χ1v) is 8.11. The normalized spacial score (nSPS) is 11.2. The van der Waals surface area contributed by atoms with Crippen molar-refractivity contribution in [1.29, 1.82) is 0 Å². The van der Waals surface area contributed by atoms with E-state index in [1.54, 1.807) is 11.8 Å². The summed E-state index contributed by atoms with van der Waals surface area (Å²) in [5.74, 6) is 0. The van der Waals surface area contributed by atoms with Crippen LogP contribution in [0.25, 0.3) is 10.9 Å². The molecule has 3 N–H and O–H groups in total. The van der Waals surface area contributed by atoms with Crippen LogP contribution in [0.4, 0.5) is 0 Å². The van der Waals surface area contributed by atoms with Gasteiger partial charge >= 0.3 is 0 Å². The lowest BCUT2D eigenvalue weighted by atomic mass is 10.1. The summed E-state index contributed by atoms with van der Waals surface area (Å²) in [6, 6.07) is 12.4. The number of nitrogens with one attached hydrogen (secondary N) is 1. The topological polar surface area (TPSA) is 41.8 Å². The van der Waals surface area contributed by atoms with Crippen LogP contribution in [-0.2, 0) is 6.42 Å². The lowest BCUT2D eigenvalue weighted by Gasteiger charge is -2.08. The van der Waals surface area contributed by atoms with Gasteiger partial charge in [-0.15, -0.1) is 0 Å². The quantitative estimate of drug-likeness (QED) is 0.727. The number of benzene rings is 2. The molecule has 0 unspecified atom stereocenters. The van der Waals surface area contributed by atoms with Crippen molar-refractivity contribution in [2.24, 2.45) is 5.73 Å². The third kappa shape index (κ3) is 2.95. The van der Waals surface area contributed by atoms with Gasteiger partial charge in [0, 0.05) is 31.9 Å². The van der Waals surface area contributed by atoms with E-state index < -0.39 is 0 Å². The molecule has 21 heavy (non-hydrogen) atoms. The van der Waals surface area contributed by atoms with Crippen molar-refractivity contribution in [2.45, 2.75) is 23.1 Å². The van der Waals surface area contributed by atoms with Gasteiger partial charge in [0.1, 0.15) is 0 Å². The summed E-state index contributed by atoms with van der Waals surface area (Å²) in [4.78, 5) is 5.76. The zero-order valence-corrected chi connectivity index (χ0v) is 13.4. The molecule has 0 atom stereocenters. The number of halogens is 1. The van der Waals surface area contributed by atoms with Gasteiger partial charge in [-0.1, -0.05) is 47.6 Å². The molecule has 4 heteroatoms. The van der Waals surface area contributed by atoms with Crippen LogP contribution in [0.5, 0.6) is 0 Å². The van der Waals surface area contributed by atoms with Crippen molar-refractivity contribution < 1.29 is 0 Å². The first-order chi connectivity index (χ1) is 10.2. The van der Waals surface area contributed by atoms with Crippen molar-refractivity contribution >= 4 is 34.3 Å². The minimum absolute atomic E-state index is 0.641. The Morgan fingerprint density at radius 2 is 2.05 bits per heavy atom. The van der Waals surface area contributed by atoms with Crippen LogP contribution in [0, 0.1) is 6.92 Å². The zero-order valence-electron chi connectivity index (χ0n) is 11.8. The highest BCUT2D eigenvalue weighted by Gasteiger charge is 2.10. The van der Waals surface area contributed by atoms with Crippen molar-refractivity contribution in [3.8, 4) is 0 Å². The van der Waals surface area contributed by atoms with Gasteiger partial charge in [-0.3, -0.25) is 0 Å². The third-order valence-corrected chi connectivity index (χ3v) is 4.94. The van der Waals surface area contributed by atoms with Crippen molar-refractivity contribution in [2.75, 3.05) is 6.54 Å². The fourth-order valence-electron chi connectivity index (χ4n) is 2.47. The van der Waals surface area contributed by atoms with Crippen molar-refractivity contribution in [1.82, 2.24) is 4.98 Å². The fourth-order valence-corrected chi connectivity index (χ4v) is 3.83. The van der Waals surface area contributed by atoms with Crippen LogP contribution in [-0.4, -0.2) is 11.5 Å². The lowest BCUT2D eigenvalue weighted by molar-refractivity contribution is 0.944. The lowest BCUT2D eigenvalue weighted by Crippen LogP contribution is -2.03. The number of H-pyrrole nitrogens is 1. The molecule has 0 aliphatic rings. The second-order valence-electron chi connectivity index (χ2n) is 5.04. The van der Waals surface area contributed by atoms with E-state index in [1.807, 2.05) is 12.1 Å². The highest BCUT2D eigenvalue weighted by Crippen LogP contribution is 2.37. The molecule has 0 radical (unpaired) electrons. The number of para-hydroxylation sites is 1.